The Morgan fingerprint density at radius 3 is 2.34 bits per heavy atom. The molecule has 148 valence electrons. The van der Waals surface area contributed by atoms with Crippen molar-refractivity contribution < 1.29 is 19.1 Å². The van der Waals surface area contributed by atoms with Crippen molar-refractivity contribution in [1.82, 2.24) is 10.2 Å². The maximum Gasteiger partial charge on any atom is 0.357 e. The lowest BCUT2D eigenvalue weighted by molar-refractivity contribution is -0.123. The summed E-state index contributed by atoms with van der Waals surface area (Å²) in [5.74, 6) is -1.76. The number of nitrogens with two attached hydrogens (primary N) is 1. The van der Waals surface area contributed by atoms with Gasteiger partial charge in [0.1, 0.15) is 5.69 Å². The lowest BCUT2D eigenvalue weighted by atomic mass is 10.1. The van der Waals surface area contributed by atoms with Crippen LogP contribution in [-0.4, -0.2) is 34.1 Å². The number of nitrogens with one attached hydrogen (secondary N) is 2. The number of primary amides is 1. The summed E-state index contributed by atoms with van der Waals surface area (Å²) in [5, 5.41) is 9.35. The molecular weight excluding hydrogens is 372 g/mol. The van der Waals surface area contributed by atoms with E-state index >= 15 is 0 Å². The second-order valence-corrected chi connectivity index (χ2v) is 6.51. The van der Waals surface area contributed by atoms with Crippen molar-refractivity contribution in [3.8, 4) is 11.3 Å². The zero-order chi connectivity index (χ0) is 21.0. The van der Waals surface area contributed by atoms with Gasteiger partial charge in [-0.25, -0.2) is 4.79 Å². The highest BCUT2D eigenvalue weighted by Crippen LogP contribution is 2.19. The fraction of sp³-hybridized carbons (Fsp3) is 0.143. The average Bonchev–Trinajstić information content (AvgIpc) is 3.19. The first-order valence-corrected chi connectivity index (χ1v) is 8.87. The van der Waals surface area contributed by atoms with Gasteiger partial charge >= 0.3 is 5.97 Å². The third-order valence-corrected chi connectivity index (χ3v) is 4.24. The van der Waals surface area contributed by atoms with E-state index in [2.05, 4.69) is 15.5 Å². The number of ether oxygens (including phenoxy) is 1. The number of rotatable bonds is 6. The van der Waals surface area contributed by atoms with Gasteiger partial charge < -0.3 is 15.8 Å². The summed E-state index contributed by atoms with van der Waals surface area (Å²) in [6, 6.07) is 15.3. The van der Waals surface area contributed by atoms with Gasteiger partial charge in [-0.2, -0.15) is 5.10 Å². The number of hydrogen-bond acceptors (Lipinski definition) is 5. The standard InChI is InChI=1S/C21H20N4O4/c1-12-3-5-14(6-4-12)17-11-18(25-24-17)21(28)29-13(2)20(27)23-16-9-7-15(8-10-16)19(22)26/h3-11,13H,1-2H3,(H2,22,26)(H,23,27)(H,24,25)/t13-/m0/s1. The number of carbonyl (C=O) groups excluding carboxylic acids is 3. The predicted octanol–water partition coefficient (Wildman–Crippen LogP) is 2.67. The average molecular weight is 392 g/mol. The van der Waals surface area contributed by atoms with Gasteiger partial charge in [0.05, 0.1) is 5.69 Å². The third kappa shape index (κ3) is 4.86. The molecule has 3 aromatic rings. The van der Waals surface area contributed by atoms with Crippen molar-refractivity contribution in [3.05, 3.63) is 71.4 Å². The van der Waals surface area contributed by atoms with Crippen LogP contribution in [-0.2, 0) is 9.53 Å². The molecule has 0 unspecified atom stereocenters. The minimum Gasteiger partial charge on any atom is -0.448 e. The van der Waals surface area contributed by atoms with Crippen LogP contribution in [0.5, 0.6) is 0 Å². The molecule has 1 heterocycles. The van der Waals surface area contributed by atoms with Crippen LogP contribution >= 0.6 is 0 Å². The Labute approximate surface area is 167 Å². The van der Waals surface area contributed by atoms with E-state index in [1.54, 1.807) is 6.07 Å². The molecule has 3 rings (SSSR count). The minimum absolute atomic E-state index is 0.144. The van der Waals surface area contributed by atoms with Gasteiger partial charge in [-0.1, -0.05) is 29.8 Å². The molecule has 8 heteroatoms. The summed E-state index contributed by atoms with van der Waals surface area (Å²) in [6.45, 7) is 3.44. The summed E-state index contributed by atoms with van der Waals surface area (Å²) in [5.41, 5.74) is 8.67. The lowest BCUT2D eigenvalue weighted by Gasteiger charge is -2.13. The van der Waals surface area contributed by atoms with Crippen LogP contribution in [0.15, 0.2) is 54.6 Å². The number of H-pyrrole nitrogens is 1. The SMILES string of the molecule is Cc1ccc(-c2cc(C(=O)O[C@@H](C)C(=O)Nc3ccc(C(N)=O)cc3)[nH]n2)cc1. The molecule has 0 aliphatic heterocycles. The van der Waals surface area contributed by atoms with Crippen LogP contribution in [0, 0.1) is 6.92 Å². The van der Waals surface area contributed by atoms with E-state index in [0.717, 1.165) is 11.1 Å². The Bertz CT molecular complexity index is 1040. The van der Waals surface area contributed by atoms with Gasteiger partial charge in [-0.15, -0.1) is 0 Å². The fourth-order valence-corrected chi connectivity index (χ4v) is 2.54. The fourth-order valence-electron chi connectivity index (χ4n) is 2.54. The quantitative estimate of drug-likeness (QED) is 0.556. The first-order valence-electron chi connectivity index (χ1n) is 8.87. The molecule has 0 radical (unpaired) electrons. The monoisotopic (exact) mass is 392 g/mol. The summed E-state index contributed by atoms with van der Waals surface area (Å²) >= 11 is 0. The van der Waals surface area contributed by atoms with Crippen LogP contribution < -0.4 is 11.1 Å². The van der Waals surface area contributed by atoms with Crippen LogP contribution in [0.25, 0.3) is 11.3 Å². The molecule has 4 N–H and O–H groups in total. The molecule has 0 aliphatic rings. The van der Waals surface area contributed by atoms with Crippen LogP contribution in [0.1, 0.15) is 33.3 Å². The van der Waals surface area contributed by atoms with E-state index in [4.69, 9.17) is 10.5 Å². The highest BCUT2D eigenvalue weighted by atomic mass is 16.5. The lowest BCUT2D eigenvalue weighted by Crippen LogP contribution is -2.30. The van der Waals surface area contributed by atoms with Gasteiger partial charge in [-0.05, 0) is 44.2 Å². The number of aromatic nitrogens is 2. The smallest absolute Gasteiger partial charge is 0.357 e. The molecule has 2 amide bonds. The number of carbonyl (C=O) groups is 3. The Morgan fingerprint density at radius 2 is 1.72 bits per heavy atom. The van der Waals surface area contributed by atoms with E-state index in [9.17, 15) is 14.4 Å². The number of aromatic amines is 1. The minimum atomic E-state index is -1.04. The normalized spacial score (nSPS) is 11.5. The van der Waals surface area contributed by atoms with Crippen molar-refractivity contribution in [2.45, 2.75) is 20.0 Å². The molecule has 0 saturated heterocycles. The molecule has 1 atom stereocenters. The van der Waals surface area contributed by atoms with Crippen molar-refractivity contribution in [2.75, 3.05) is 5.32 Å². The van der Waals surface area contributed by atoms with E-state index in [-0.39, 0.29) is 5.69 Å². The summed E-state index contributed by atoms with van der Waals surface area (Å²) in [7, 11) is 0. The van der Waals surface area contributed by atoms with Crippen molar-refractivity contribution in [1.29, 1.82) is 0 Å². The van der Waals surface area contributed by atoms with Crippen molar-refractivity contribution in [2.24, 2.45) is 5.73 Å². The molecule has 1 aromatic heterocycles. The number of aryl methyl sites for hydroxylation is 1. The molecule has 8 nitrogen and oxygen atoms in total. The molecule has 2 aromatic carbocycles. The number of nitrogens with zero attached hydrogens (tertiary/aromatic N) is 1. The largest absolute Gasteiger partial charge is 0.448 e. The number of benzene rings is 2. The number of hydrogen-bond donors (Lipinski definition) is 3. The van der Waals surface area contributed by atoms with E-state index in [0.29, 0.717) is 16.9 Å². The van der Waals surface area contributed by atoms with Gasteiger partial charge in [0.2, 0.25) is 5.91 Å². The molecule has 0 aliphatic carbocycles. The summed E-state index contributed by atoms with van der Waals surface area (Å²) in [4.78, 5) is 35.6. The molecular formula is C21H20N4O4. The summed E-state index contributed by atoms with van der Waals surface area (Å²) < 4.78 is 5.20. The van der Waals surface area contributed by atoms with E-state index in [1.165, 1.54) is 31.2 Å². The van der Waals surface area contributed by atoms with E-state index in [1.807, 2.05) is 31.2 Å². The Kier molecular flexibility index (Phi) is 5.73. The van der Waals surface area contributed by atoms with Crippen LogP contribution in [0.4, 0.5) is 5.69 Å². The van der Waals surface area contributed by atoms with Gasteiger partial charge in [0, 0.05) is 16.8 Å². The first kappa shape index (κ1) is 19.8. The molecule has 29 heavy (non-hydrogen) atoms. The van der Waals surface area contributed by atoms with Crippen LogP contribution in [0.3, 0.4) is 0 Å². The van der Waals surface area contributed by atoms with Gasteiger partial charge in [-0.3, -0.25) is 14.7 Å². The maximum atomic E-state index is 12.3. The molecule has 0 fully saturated rings. The molecule has 0 bridgehead atoms. The Morgan fingerprint density at radius 1 is 1.07 bits per heavy atom. The predicted molar refractivity (Wildman–Crippen MR) is 107 cm³/mol. The van der Waals surface area contributed by atoms with Crippen molar-refractivity contribution >= 4 is 23.5 Å². The second-order valence-electron chi connectivity index (χ2n) is 6.51. The number of anilines is 1. The van der Waals surface area contributed by atoms with Gasteiger partial charge in [0.15, 0.2) is 6.10 Å². The maximum absolute atomic E-state index is 12.3. The van der Waals surface area contributed by atoms with Crippen LogP contribution in [0.2, 0.25) is 0 Å². The van der Waals surface area contributed by atoms with Crippen molar-refractivity contribution in [3.63, 3.8) is 0 Å². The Balaban J connectivity index is 1.60. The first-order chi connectivity index (χ1) is 13.8. The number of amides is 2. The second kappa shape index (κ2) is 8.39. The molecule has 0 saturated carbocycles. The molecule has 0 spiro atoms. The topological polar surface area (TPSA) is 127 Å². The zero-order valence-electron chi connectivity index (χ0n) is 15.9. The number of esters is 1. The van der Waals surface area contributed by atoms with E-state index < -0.39 is 23.9 Å². The Hall–Kier alpha value is -3.94. The highest BCUT2D eigenvalue weighted by molar-refractivity contribution is 5.98. The summed E-state index contributed by atoms with van der Waals surface area (Å²) in [6.07, 6.45) is -1.04. The zero-order valence-corrected chi connectivity index (χ0v) is 15.9. The highest BCUT2D eigenvalue weighted by Gasteiger charge is 2.21. The van der Waals surface area contributed by atoms with Gasteiger partial charge in [0.25, 0.3) is 5.91 Å². The third-order valence-electron chi connectivity index (χ3n) is 4.24.